The van der Waals surface area contributed by atoms with Crippen molar-refractivity contribution in [2.24, 2.45) is 0 Å². The normalized spacial score (nSPS) is 36.9. The van der Waals surface area contributed by atoms with Gasteiger partial charge in [-0.25, -0.2) is 0 Å². The van der Waals surface area contributed by atoms with Crippen LogP contribution in [0.15, 0.2) is 23.5 Å². The average Bonchev–Trinajstić information content (AvgIpc) is 2.17. The summed E-state index contributed by atoms with van der Waals surface area (Å²) in [5, 5.41) is 0. The largest absolute Gasteiger partial charge is 0.444 e. The van der Waals surface area contributed by atoms with Gasteiger partial charge in [0.25, 0.3) is 0 Å². The van der Waals surface area contributed by atoms with Gasteiger partial charge in [-0.3, -0.25) is 0 Å². The number of ether oxygens (including phenoxy) is 3. The molecular formula is C10H12O3. The van der Waals surface area contributed by atoms with Gasteiger partial charge in [-0.2, -0.15) is 0 Å². The Kier molecular flexibility index (Phi) is 1.51. The Bertz CT molecular complexity index is 293. The minimum atomic E-state index is -0.833. The highest BCUT2D eigenvalue weighted by atomic mass is 16.9. The van der Waals surface area contributed by atoms with Gasteiger partial charge in [0.15, 0.2) is 0 Å². The highest BCUT2D eigenvalue weighted by Gasteiger charge is 2.46. The van der Waals surface area contributed by atoms with Crippen LogP contribution < -0.4 is 0 Å². The monoisotopic (exact) mass is 180 g/mol. The van der Waals surface area contributed by atoms with Gasteiger partial charge in [0.05, 0.1) is 19.5 Å². The summed E-state index contributed by atoms with van der Waals surface area (Å²) >= 11 is 0. The lowest BCUT2D eigenvalue weighted by Crippen LogP contribution is -2.47. The van der Waals surface area contributed by atoms with Gasteiger partial charge >= 0.3 is 5.97 Å². The van der Waals surface area contributed by atoms with E-state index in [9.17, 15) is 0 Å². The molecule has 70 valence electrons. The molecule has 3 aliphatic rings. The first-order valence-electron chi connectivity index (χ1n) is 4.75. The Morgan fingerprint density at radius 1 is 1.15 bits per heavy atom. The third kappa shape index (κ3) is 0.974. The lowest BCUT2D eigenvalue weighted by molar-refractivity contribution is -0.352. The molecule has 0 N–H and O–H groups in total. The molecule has 1 saturated heterocycles. The fraction of sp³-hybridized carbons (Fsp3) is 0.600. The Labute approximate surface area is 77.0 Å². The molecule has 1 fully saturated rings. The highest BCUT2D eigenvalue weighted by molar-refractivity contribution is 5.33. The molecule has 3 nitrogen and oxygen atoms in total. The van der Waals surface area contributed by atoms with Crippen LogP contribution in [-0.4, -0.2) is 19.2 Å². The highest BCUT2D eigenvalue weighted by Crippen LogP contribution is 2.42. The molecule has 0 aliphatic carbocycles. The third-order valence-corrected chi connectivity index (χ3v) is 2.78. The molecule has 3 aliphatic heterocycles. The Balaban J connectivity index is 2.09. The van der Waals surface area contributed by atoms with Crippen LogP contribution in [0.2, 0.25) is 0 Å². The van der Waals surface area contributed by atoms with E-state index < -0.39 is 5.97 Å². The van der Waals surface area contributed by atoms with Crippen molar-refractivity contribution in [3.63, 3.8) is 0 Å². The Morgan fingerprint density at radius 3 is 3.00 bits per heavy atom. The van der Waals surface area contributed by atoms with E-state index in [2.05, 4.69) is 0 Å². The summed E-state index contributed by atoms with van der Waals surface area (Å²) in [5.41, 5.74) is 2.55. The Hall–Kier alpha value is -0.800. The van der Waals surface area contributed by atoms with E-state index >= 15 is 0 Å². The third-order valence-electron chi connectivity index (χ3n) is 2.78. The summed E-state index contributed by atoms with van der Waals surface area (Å²) in [6.07, 6.45) is 6.81. The van der Waals surface area contributed by atoms with Crippen LogP contribution in [0.4, 0.5) is 0 Å². The van der Waals surface area contributed by atoms with Crippen molar-refractivity contribution < 1.29 is 14.2 Å². The molecular weight excluding hydrogens is 168 g/mol. The van der Waals surface area contributed by atoms with Gasteiger partial charge in [0.2, 0.25) is 0 Å². The van der Waals surface area contributed by atoms with Crippen molar-refractivity contribution in [2.75, 3.05) is 13.2 Å². The topological polar surface area (TPSA) is 27.7 Å². The van der Waals surface area contributed by atoms with Gasteiger partial charge in [-0.15, -0.1) is 0 Å². The van der Waals surface area contributed by atoms with Crippen molar-refractivity contribution in [2.45, 2.75) is 25.2 Å². The number of allylic oxidation sites excluding steroid dienone is 1. The van der Waals surface area contributed by atoms with Gasteiger partial charge < -0.3 is 14.2 Å². The summed E-state index contributed by atoms with van der Waals surface area (Å²) in [5.74, 6) is -0.833. The molecule has 0 spiro atoms. The average molecular weight is 180 g/mol. The standard InChI is InChI=1S/C10H12O3/c1-2-9-8-3-6-12-10(9,11-5-1)13-7-4-8/h3,6H,1-2,4-5,7H2. The number of hydrogen-bond donors (Lipinski definition) is 0. The maximum absolute atomic E-state index is 5.59. The molecule has 3 heteroatoms. The first kappa shape index (κ1) is 7.59. The SMILES string of the molecule is C1=CC2=C3CCCOC3(O1)OCC2. The van der Waals surface area contributed by atoms with Crippen molar-refractivity contribution >= 4 is 0 Å². The van der Waals surface area contributed by atoms with E-state index in [0.29, 0.717) is 6.61 Å². The molecule has 0 aromatic rings. The summed E-state index contributed by atoms with van der Waals surface area (Å²) in [6.45, 7) is 1.42. The van der Waals surface area contributed by atoms with Gasteiger partial charge in [0, 0.05) is 5.57 Å². The Morgan fingerprint density at radius 2 is 2.08 bits per heavy atom. The van der Waals surface area contributed by atoms with Crippen molar-refractivity contribution in [1.82, 2.24) is 0 Å². The molecule has 0 aromatic heterocycles. The molecule has 3 heterocycles. The van der Waals surface area contributed by atoms with Crippen LogP contribution in [0, 0.1) is 0 Å². The molecule has 1 atom stereocenters. The zero-order valence-electron chi connectivity index (χ0n) is 7.41. The van der Waals surface area contributed by atoms with Crippen molar-refractivity contribution in [3.8, 4) is 0 Å². The maximum Gasteiger partial charge on any atom is 0.352 e. The summed E-state index contributed by atoms with van der Waals surface area (Å²) in [6, 6.07) is 0. The van der Waals surface area contributed by atoms with Crippen LogP contribution in [0.5, 0.6) is 0 Å². The predicted molar refractivity (Wildman–Crippen MR) is 45.7 cm³/mol. The summed E-state index contributed by atoms with van der Waals surface area (Å²) in [4.78, 5) is 0. The van der Waals surface area contributed by atoms with Crippen molar-refractivity contribution in [3.05, 3.63) is 23.5 Å². The van der Waals surface area contributed by atoms with Crippen molar-refractivity contribution in [1.29, 1.82) is 0 Å². The van der Waals surface area contributed by atoms with E-state index in [1.54, 1.807) is 6.26 Å². The van der Waals surface area contributed by atoms with Crippen LogP contribution in [0.3, 0.4) is 0 Å². The molecule has 0 aromatic carbocycles. The van der Waals surface area contributed by atoms with E-state index in [1.807, 2.05) is 6.08 Å². The second-order valence-electron chi connectivity index (χ2n) is 3.53. The lowest BCUT2D eigenvalue weighted by atomic mass is 9.94. The zero-order valence-corrected chi connectivity index (χ0v) is 7.41. The molecule has 0 amide bonds. The number of rotatable bonds is 0. The molecule has 1 unspecified atom stereocenters. The first-order valence-corrected chi connectivity index (χ1v) is 4.75. The predicted octanol–water partition coefficient (Wildman–Crippen LogP) is 1.71. The summed E-state index contributed by atoms with van der Waals surface area (Å²) in [7, 11) is 0. The second kappa shape index (κ2) is 2.59. The van der Waals surface area contributed by atoms with E-state index in [-0.39, 0.29) is 0 Å². The molecule has 3 rings (SSSR count). The minimum absolute atomic E-state index is 0.698. The van der Waals surface area contributed by atoms with Crippen LogP contribution >= 0.6 is 0 Å². The minimum Gasteiger partial charge on any atom is -0.444 e. The smallest absolute Gasteiger partial charge is 0.352 e. The molecule has 13 heavy (non-hydrogen) atoms. The lowest BCUT2D eigenvalue weighted by Gasteiger charge is -2.42. The van der Waals surface area contributed by atoms with Gasteiger partial charge in [-0.05, 0) is 30.9 Å². The van der Waals surface area contributed by atoms with E-state index in [0.717, 1.165) is 25.9 Å². The second-order valence-corrected chi connectivity index (χ2v) is 3.53. The van der Waals surface area contributed by atoms with Gasteiger partial charge in [-0.1, -0.05) is 0 Å². The summed E-state index contributed by atoms with van der Waals surface area (Å²) < 4.78 is 16.6. The van der Waals surface area contributed by atoms with Crippen LogP contribution in [-0.2, 0) is 14.2 Å². The molecule has 2 bridgehead atoms. The maximum atomic E-state index is 5.59. The fourth-order valence-corrected chi connectivity index (χ4v) is 2.16. The molecule has 0 saturated carbocycles. The first-order chi connectivity index (χ1) is 6.41. The van der Waals surface area contributed by atoms with Crippen LogP contribution in [0.25, 0.3) is 0 Å². The quantitative estimate of drug-likeness (QED) is 0.568. The zero-order chi connectivity index (χ0) is 8.73. The van der Waals surface area contributed by atoms with Gasteiger partial charge in [0.1, 0.15) is 0 Å². The van der Waals surface area contributed by atoms with E-state index in [4.69, 9.17) is 14.2 Å². The molecule has 0 radical (unpaired) electrons. The number of hydrogen-bond acceptors (Lipinski definition) is 3. The van der Waals surface area contributed by atoms with Crippen LogP contribution in [0.1, 0.15) is 19.3 Å². The van der Waals surface area contributed by atoms with E-state index in [1.165, 1.54) is 11.1 Å². The fourth-order valence-electron chi connectivity index (χ4n) is 2.16.